The smallest absolute Gasteiger partial charge is 0.449 e. The number of nitrogens with two attached hydrogens (primary N) is 1. The van der Waals surface area contributed by atoms with Gasteiger partial charge in [0.2, 0.25) is 5.43 Å². The summed E-state index contributed by atoms with van der Waals surface area (Å²) in [5.74, 6) is -1.69. The molecule has 3 N–H and O–H groups in total. The molecule has 3 atom stereocenters. The molecular formula is C21H21F2N3O4. The number of ether oxygens (including phenoxy) is 1. The molecule has 1 saturated carbocycles. The quantitative estimate of drug-likeness (QED) is 0.589. The molecule has 2 aromatic rings. The van der Waals surface area contributed by atoms with Gasteiger partial charge < -0.3 is 25.0 Å². The molecule has 158 valence electrons. The van der Waals surface area contributed by atoms with Crippen molar-refractivity contribution in [1.29, 1.82) is 0 Å². The van der Waals surface area contributed by atoms with Crippen LogP contribution in [0.3, 0.4) is 0 Å². The highest BCUT2D eigenvalue weighted by molar-refractivity contribution is 5.86. The number of hydrogen-bond acceptors (Lipinski definition) is 5. The zero-order chi connectivity index (χ0) is 21.2. The van der Waals surface area contributed by atoms with E-state index in [0.717, 1.165) is 25.3 Å². The van der Waals surface area contributed by atoms with Gasteiger partial charge in [0, 0.05) is 31.2 Å². The van der Waals surface area contributed by atoms with Crippen LogP contribution in [0.5, 0.6) is 5.75 Å². The van der Waals surface area contributed by atoms with Crippen molar-refractivity contribution in [3.05, 3.63) is 46.3 Å². The molecule has 1 aromatic carbocycles. The van der Waals surface area contributed by atoms with E-state index >= 15 is 8.78 Å². The minimum Gasteiger partial charge on any atom is -0.449 e. The van der Waals surface area contributed by atoms with Crippen LogP contribution in [0.15, 0.2) is 29.2 Å². The molecule has 2 heterocycles. The molecule has 2 aliphatic carbocycles. The van der Waals surface area contributed by atoms with Gasteiger partial charge in [-0.15, -0.1) is 0 Å². The van der Waals surface area contributed by atoms with Crippen LogP contribution in [0.4, 0.5) is 19.3 Å². The van der Waals surface area contributed by atoms with Crippen molar-refractivity contribution in [2.75, 3.05) is 18.0 Å². The van der Waals surface area contributed by atoms with Crippen LogP contribution in [0.1, 0.15) is 25.3 Å². The van der Waals surface area contributed by atoms with E-state index in [4.69, 9.17) is 10.8 Å². The highest BCUT2D eigenvalue weighted by Gasteiger charge is 2.39. The normalized spacial score (nSPS) is 25.6. The third-order valence-corrected chi connectivity index (χ3v) is 6.40. The fourth-order valence-corrected chi connectivity index (χ4v) is 4.80. The standard InChI is InChI=1S/C21H21F2N3O4/c22-13-6-15(25-7-10-2-1-3-14(24)12(10)8-25)18(23)19-17(13)20(27)16(30-21(28)29)9-26(19)11-4-5-11/h1,3,6,9-12,14H,2,4-5,7-8,24H2,(H,28,29). The zero-order valence-corrected chi connectivity index (χ0v) is 16.1. The Morgan fingerprint density at radius 1 is 1.27 bits per heavy atom. The number of carboxylic acid groups (broad SMARTS) is 1. The van der Waals surface area contributed by atoms with Crippen LogP contribution >= 0.6 is 0 Å². The van der Waals surface area contributed by atoms with E-state index < -0.39 is 34.4 Å². The Morgan fingerprint density at radius 2 is 2.03 bits per heavy atom. The SMILES string of the molecule is NC1C=CCC2CN(c3cc(F)c4c(=O)c(OC(=O)O)cn(C5CC5)c4c3F)CC12. The molecule has 7 nitrogen and oxygen atoms in total. The second-order valence-corrected chi connectivity index (χ2v) is 8.31. The molecule has 2 fully saturated rings. The first-order valence-electron chi connectivity index (χ1n) is 10.00. The molecule has 1 aliphatic heterocycles. The van der Waals surface area contributed by atoms with Crippen LogP contribution in [0.2, 0.25) is 0 Å². The fraction of sp³-hybridized carbons (Fsp3) is 0.429. The van der Waals surface area contributed by atoms with Crippen molar-refractivity contribution < 1.29 is 23.4 Å². The maximum atomic E-state index is 15.7. The summed E-state index contributed by atoms with van der Waals surface area (Å²) in [5, 5.41) is 8.39. The van der Waals surface area contributed by atoms with E-state index in [1.807, 2.05) is 12.2 Å². The maximum Gasteiger partial charge on any atom is 0.511 e. The number of rotatable bonds is 3. The molecule has 0 radical (unpaired) electrons. The molecule has 0 amide bonds. The summed E-state index contributed by atoms with van der Waals surface area (Å²) in [6, 6.07) is 0.770. The van der Waals surface area contributed by atoms with Crippen LogP contribution in [-0.2, 0) is 0 Å². The van der Waals surface area contributed by atoms with Crippen molar-refractivity contribution in [1.82, 2.24) is 4.57 Å². The average molecular weight is 417 g/mol. The molecule has 0 spiro atoms. The molecule has 30 heavy (non-hydrogen) atoms. The number of carbonyl (C=O) groups is 1. The van der Waals surface area contributed by atoms with Gasteiger partial charge in [-0.25, -0.2) is 13.6 Å². The Kier molecular flexibility index (Phi) is 4.32. The van der Waals surface area contributed by atoms with E-state index in [-0.39, 0.29) is 35.1 Å². The predicted molar refractivity (Wildman–Crippen MR) is 106 cm³/mol. The zero-order valence-electron chi connectivity index (χ0n) is 16.1. The van der Waals surface area contributed by atoms with Gasteiger partial charge in [-0.1, -0.05) is 12.2 Å². The van der Waals surface area contributed by atoms with Crippen LogP contribution in [0, 0.1) is 23.5 Å². The fourth-order valence-electron chi connectivity index (χ4n) is 4.80. The van der Waals surface area contributed by atoms with Crippen LogP contribution in [-0.4, -0.2) is 35.0 Å². The van der Waals surface area contributed by atoms with Gasteiger partial charge in [-0.3, -0.25) is 4.79 Å². The van der Waals surface area contributed by atoms with Gasteiger partial charge in [0.15, 0.2) is 11.6 Å². The Balaban J connectivity index is 1.66. The van der Waals surface area contributed by atoms with E-state index in [2.05, 4.69) is 4.74 Å². The number of benzene rings is 1. The number of halogens is 2. The number of pyridine rings is 1. The van der Waals surface area contributed by atoms with Gasteiger partial charge >= 0.3 is 6.16 Å². The number of nitrogens with zero attached hydrogens (tertiary/aromatic N) is 2. The first-order chi connectivity index (χ1) is 14.3. The number of aromatic nitrogens is 1. The summed E-state index contributed by atoms with van der Waals surface area (Å²) in [7, 11) is 0. The highest BCUT2D eigenvalue weighted by atomic mass is 19.1. The monoisotopic (exact) mass is 417 g/mol. The first kappa shape index (κ1) is 19.0. The molecule has 9 heteroatoms. The van der Waals surface area contributed by atoms with Gasteiger partial charge in [-0.2, -0.15) is 0 Å². The number of allylic oxidation sites excluding steroid dienone is 1. The molecule has 1 aromatic heterocycles. The van der Waals surface area contributed by atoms with E-state index in [0.29, 0.717) is 13.1 Å². The van der Waals surface area contributed by atoms with E-state index in [9.17, 15) is 9.59 Å². The average Bonchev–Trinajstić information content (AvgIpc) is 3.44. The lowest BCUT2D eigenvalue weighted by Crippen LogP contribution is -2.35. The second kappa shape index (κ2) is 6.80. The van der Waals surface area contributed by atoms with Crippen LogP contribution < -0.4 is 20.8 Å². The largest absolute Gasteiger partial charge is 0.511 e. The summed E-state index contributed by atoms with van der Waals surface area (Å²) < 4.78 is 36.8. The number of hydrogen-bond donors (Lipinski definition) is 2. The van der Waals surface area contributed by atoms with Gasteiger partial charge in [0.1, 0.15) is 5.82 Å². The number of fused-ring (bicyclic) bond motifs is 2. The summed E-state index contributed by atoms with van der Waals surface area (Å²) >= 11 is 0. The minimum atomic E-state index is -1.68. The number of anilines is 1. The first-order valence-corrected chi connectivity index (χ1v) is 10.00. The van der Waals surface area contributed by atoms with Gasteiger partial charge in [0.25, 0.3) is 0 Å². The van der Waals surface area contributed by atoms with Crippen molar-refractivity contribution in [3.63, 3.8) is 0 Å². The third kappa shape index (κ3) is 2.96. The minimum absolute atomic E-state index is 0.0994. The predicted octanol–water partition coefficient (Wildman–Crippen LogP) is 3.01. The maximum absolute atomic E-state index is 15.7. The van der Waals surface area contributed by atoms with Crippen molar-refractivity contribution in [2.45, 2.75) is 31.3 Å². The lowest BCUT2D eigenvalue weighted by molar-refractivity contribution is 0.143. The van der Waals surface area contributed by atoms with E-state index in [1.54, 1.807) is 4.90 Å². The summed E-state index contributed by atoms with van der Waals surface area (Å²) in [4.78, 5) is 25.4. The third-order valence-electron chi connectivity index (χ3n) is 6.40. The van der Waals surface area contributed by atoms with Gasteiger partial charge in [-0.05, 0) is 31.1 Å². The Hall–Kier alpha value is -2.94. The Morgan fingerprint density at radius 3 is 2.70 bits per heavy atom. The van der Waals surface area contributed by atoms with Crippen molar-refractivity contribution in [2.24, 2.45) is 17.6 Å². The topological polar surface area (TPSA) is 97.8 Å². The van der Waals surface area contributed by atoms with E-state index in [1.165, 1.54) is 10.8 Å². The summed E-state index contributed by atoms with van der Waals surface area (Å²) in [6.07, 6.45) is 5.77. The van der Waals surface area contributed by atoms with Gasteiger partial charge in [0.05, 0.1) is 22.8 Å². The molecular weight excluding hydrogens is 396 g/mol. The Labute approximate surface area is 170 Å². The summed E-state index contributed by atoms with van der Waals surface area (Å²) in [5.41, 5.74) is 5.15. The molecule has 0 bridgehead atoms. The van der Waals surface area contributed by atoms with Crippen molar-refractivity contribution >= 4 is 22.7 Å². The molecule has 5 rings (SSSR count). The lowest BCUT2D eigenvalue weighted by Gasteiger charge is -2.25. The Bertz CT molecular complexity index is 1140. The molecule has 1 saturated heterocycles. The summed E-state index contributed by atoms with van der Waals surface area (Å²) in [6.45, 7) is 1.06. The van der Waals surface area contributed by atoms with Crippen LogP contribution in [0.25, 0.3) is 10.9 Å². The molecule has 3 unspecified atom stereocenters. The van der Waals surface area contributed by atoms with Crippen molar-refractivity contribution in [3.8, 4) is 5.75 Å². The lowest BCUT2D eigenvalue weighted by atomic mass is 9.83. The highest BCUT2D eigenvalue weighted by Crippen LogP contribution is 2.42. The molecule has 3 aliphatic rings. The second-order valence-electron chi connectivity index (χ2n) is 8.31.